The number of alkyl halides is 3. The number of rotatable bonds is 5. The van der Waals surface area contributed by atoms with Crippen LogP contribution < -0.4 is 0 Å². The van der Waals surface area contributed by atoms with Crippen LogP contribution >= 0.6 is 0 Å². The Balaban J connectivity index is 2.07. The van der Waals surface area contributed by atoms with E-state index in [9.17, 15) is 27.8 Å². The zero-order chi connectivity index (χ0) is 20.7. The highest BCUT2D eigenvalue weighted by atomic mass is 19.4. The van der Waals surface area contributed by atoms with Gasteiger partial charge in [-0.3, -0.25) is 0 Å². The van der Waals surface area contributed by atoms with Crippen LogP contribution in [0.4, 0.5) is 17.6 Å². The molecular weight excluding hydrogens is 374 g/mol. The van der Waals surface area contributed by atoms with E-state index in [0.29, 0.717) is 42.5 Å². The quantitative estimate of drug-likeness (QED) is 0.638. The van der Waals surface area contributed by atoms with E-state index >= 15 is 0 Å². The van der Waals surface area contributed by atoms with Crippen molar-refractivity contribution in [3.05, 3.63) is 46.9 Å². The maximum atomic E-state index is 13.8. The Labute approximate surface area is 161 Å². The molecule has 1 aliphatic rings. The number of fused-ring (bicyclic) bond motifs is 1. The molecule has 0 radical (unpaired) electrons. The second-order valence-corrected chi connectivity index (χ2v) is 7.85. The first-order chi connectivity index (χ1) is 13.1. The van der Waals surface area contributed by atoms with Crippen LogP contribution in [0.1, 0.15) is 56.4 Å². The molecule has 0 amide bonds. The van der Waals surface area contributed by atoms with E-state index in [1.807, 2.05) is 6.92 Å². The summed E-state index contributed by atoms with van der Waals surface area (Å²) < 4.78 is 55.4. The third-order valence-corrected chi connectivity index (χ3v) is 5.93. The summed E-state index contributed by atoms with van der Waals surface area (Å²) in [5, 5.41) is 20.7. The fraction of sp³-hybridized carbons (Fsp3) is 0.524. The normalized spacial score (nSPS) is 20.8. The highest BCUT2D eigenvalue weighted by Gasteiger charge is 2.42. The number of aromatic hydroxyl groups is 2. The van der Waals surface area contributed by atoms with Crippen molar-refractivity contribution in [2.24, 2.45) is 5.92 Å². The molecule has 0 aliphatic heterocycles. The van der Waals surface area contributed by atoms with Gasteiger partial charge in [-0.2, -0.15) is 13.2 Å². The summed E-state index contributed by atoms with van der Waals surface area (Å²) in [5.41, 5.74) is 0.863. The topological polar surface area (TPSA) is 45.4 Å². The number of aromatic nitrogens is 1. The van der Waals surface area contributed by atoms with E-state index < -0.39 is 23.3 Å². The van der Waals surface area contributed by atoms with E-state index in [1.165, 1.54) is 22.8 Å². The predicted octanol–water partition coefficient (Wildman–Crippen LogP) is 5.66. The molecule has 0 spiro atoms. The number of hydrogen-bond donors (Lipinski definition) is 2. The van der Waals surface area contributed by atoms with E-state index in [4.69, 9.17) is 0 Å². The molecule has 0 fully saturated rings. The second-order valence-electron chi connectivity index (χ2n) is 7.85. The molecule has 2 N–H and O–H groups in total. The fourth-order valence-corrected chi connectivity index (χ4v) is 4.43. The van der Waals surface area contributed by atoms with Gasteiger partial charge < -0.3 is 14.8 Å². The molecule has 3 rings (SSSR count). The molecule has 1 heterocycles. The predicted molar refractivity (Wildman–Crippen MR) is 98.0 cm³/mol. The standard InChI is InChI=1S/C21H25F4NO2/c1-3-5-13(21(23,24)25)12-26-17-6-4-9-20(2,15(17)11-19(26)28)16-10-14(22)7-8-18(16)27/h7-8,10-11,13,27-28H,3-6,9,12H2,1-2H3. The summed E-state index contributed by atoms with van der Waals surface area (Å²) in [7, 11) is 0. The fourth-order valence-electron chi connectivity index (χ4n) is 4.43. The lowest BCUT2D eigenvalue weighted by Gasteiger charge is -2.36. The Morgan fingerprint density at radius 1 is 1.18 bits per heavy atom. The van der Waals surface area contributed by atoms with E-state index in [2.05, 4.69) is 0 Å². The van der Waals surface area contributed by atoms with Crippen LogP contribution in [0, 0.1) is 11.7 Å². The van der Waals surface area contributed by atoms with Crippen molar-refractivity contribution in [3.63, 3.8) is 0 Å². The maximum Gasteiger partial charge on any atom is 0.393 e. The van der Waals surface area contributed by atoms with Crippen molar-refractivity contribution in [1.29, 1.82) is 0 Å². The van der Waals surface area contributed by atoms with Crippen LogP contribution in [-0.2, 0) is 18.4 Å². The van der Waals surface area contributed by atoms with Gasteiger partial charge in [0.15, 0.2) is 5.88 Å². The first-order valence-electron chi connectivity index (χ1n) is 9.55. The first-order valence-corrected chi connectivity index (χ1v) is 9.55. The number of benzene rings is 1. The Bertz CT molecular complexity index is 859. The molecule has 3 nitrogen and oxygen atoms in total. The largest absolute Gasteiger partial charge is 0.508 e. The highest BCUT2D eigenvalue weighted by molar-refractivity contribution is 5.51. The molecule has 2 unspecified atom stereocenters. The number of nitrogens with zero attached hydrogens (tertiary/aromatic N) is 1. The maximum absolute atomic E-state index is 13.8. The van der Waals surface area contributed by atoms with Gasteiger partial charge in [0.25, 0.3) is 0 Å². The molecule has 0 bridgehead atoms. The van der Waals surface area contributed by atoms with E-state index in [-0.39, 0.29) is 24.6 Å². The molecule has 2 aromatic rings. The van der Waals surface area contributed by atoms with Crippen molar-refractivity contribution >= 4 is 0 Å². The minimum atomic E-state index is -4.35. The summed E-state index contributed by atoms with van der Waals surface area (Å²) in [6.45, 7) is 3.19. The van der Waals surface area contributed by atoms with Crippen molar-refractivity contribution in [1.82, 2.24) is 4.57 Å². The molecule has 1 aliphatic carbocycles. The molecule has 7 heteroatoms. The van der Waals surface area contributed by atoms with Crippen LogP contribution in [-0.4, -0.2) is 21.0 Å². The van der Waals surface area contributed by atoms with Crippen molar-refractivity contribution in [2.75, 3.05) is 0 Å². The van der Waals surface area contributed by atoms with Gasteiger partial charge in [0.1, 0.15) is 11.6 Å². The number of phenolic OH excluding ortho intramolecular Hbond substituents is 1. The molecule has 1 aromatic carbocycles. The van der Waals surface area contributed by atoms with Gasteiger partial charge in [-0.15, -0.1) is 0 Å². The minimum Gasteiger partial charge on any atom is -0.508 e. The average molecular weight is 399 g/mol. The van der Waals surface area contributed by atoms with Gasteiger partial charge >= 0.3 is 6.18 Å². The smallest absolute Gasteiger partial charge is 0.393 e. The van der Waals surface area contributed by atoms with Gasteiger partial charge in [0.2, 0.25) is 0 Å². The molecule has 154 valence electrons. The zero-order valence-electron chi connectivity index (χ0n) is 16.0. The molecule has 2 atom stereocenters. The van der Waals surface area contributed by atoms with Crippen molar-refractivity contribution in [2.45, 2.75) is 64.1 Å². The van der Waals surface area contributed by atoms with E-state index in [1.54, 1.807) is 6.92 Å². The first kappa shape index (κ1) is 20.6. The van der Waals surface area contributed by atoms with Crippen LogP contribution in [0.5, 0.6) is 11.6 Å². The monoisotopic (exact) mass is 399 g/mol. The summed E-state index contributed by atoms with van der Waals surface area (Å²) in [6, 6.07) is 5.17. The Hall–Kier alpha value is -2.18. The summed E-state index contributed by atoms with van der Waals surface area (Å²) in [6.07, 6.45) is -2.19. The van der Waals surface area contributed by atoms with Crippen LogP contribution in [0.25, 0.3) is 0 Å². The number of hydrogen-bond acceptors (Lipinski definition) is 2. The van der Waals surface area contributed by atoms with Gasteiger partial charge in [0.05, 0.1) is 5.92 Å². The van der Waals surface area contributed by atoms with Crippen molar-refractivity contribution in [3.8, 4) is 11.6 Å². The summed E-state index contributed by atoms with van der Waals surface area (Å²) in [4.78, 5) is 0. The summed E-state index contributed by atoms with van der Waals surface area (Å²) >= 11 is 0. The van der Waals surface area contributed by atoms with Gasteiger partial charge in [-0.25, -0.2) is 4.39 Å². The van der Waals surface area contributed by atoms with E-state index in [0.717, 1.165) is 6.07 Å². The number of halogens is 4. The van der Waals surface area contributed by atoms with Gasteiger partial charge in [-0.05, 0) is 49.4 Å². The van der Waals surface area contributed by atoms with Crippen LogP contribution in [0.3, 0.4) is 0 Å². The zero-order valence-corrected chi connectivity index (χ0v) is 16.0. The highest BCUT2D eigenvalue weighted by Crippen LogP contribution is 2.48. The lowest BCUT2D eigenvalue weighted by Crippen LogP contribution is -2.31. The Morgan fingerprint density at radius 3 is 2.54 bits per heavy atom. The molecule has 1 aromatic heterocycles. The number of phenols is 1. The Kier molecular flexibility index (Phi) is 5.38. The Morgan fingerprint density at radius 2 is 1.89 bits per heavy atom. The lowest BCUT2D eigenvalue weighted by molar-refractivity contribution is -0.180. The second kappa shape index (κ2) is 7.33. The van der Waals surface area contributed by atoms with Crippen LogP contribution in [0.15, 0.2) is 24.3 Å². The average Bonchev–Trinajstić information content (AvgIpc) is 2.93. The third kappa shape index (κ3) is 3.59. The summed E-state index contributed by atoms with van der Waals surface area (Å²) in [5.74, 6) is -2.33. The molecule has 0 saturated carbocycles. The molecule has 28 heavy (non-hydrogen) atoms. The van der Waals surface area contributed by atoms with Crippen molar-refractivity contribution < 1.29 is 27.8 Å². The lowest BCUT2D eigenvalue weighted by atomic mass is 9.69. The SMILES string of the molecule is CCCC(Cn1c(O)cc2c1CCCC2(C)c1cc(F)ccc1O)C(F)(F)F. The van der Waals surface area contributed by atoms with Gasteiger partial charge in [-0.1, -0.05) is 20.3 Å². The molecular formula is C21H25F4NO2. The van der Waals surface area contributed by atoms with Gasteiger partial charge in [0, 0.05) is 29.3 Å². The minimum absolute atomic E-state index is 0.0160. The van der Waals surface area contributed by atoms with Crippen LogP contribution in [0.2, 0.25) is 0 Å². The third-order valence-electron chi connectivity index (χ3n) is 5.93. The molecule has 0 saturated heterocycles.